The van der Waals surface area contributed by atoms with E-state index in [4.69, 9.17) is 0 Å². The van der Waals surface area contributed by atoms with E-state index in [9.17, 15) is 9.90 Å². The van der Waals surface area contributed by atoms with Crippen LogP contribution in [-0.2, 0) is 4.79 Å². The minimum absolute atomic E-state index is 0.418. The molecule has 4 nitrogen and oxygen atoms in total. The predicted molar refractivity (Wildman–Crippen MR) is 69.2 cm³/mol. The molecule has 0 aromatic heterocycles. The molecule has 1 aliphatic carbocycles. The Labute approximate surface area is 104 Å². The maximum Gasteiger partial charge on any atom is 0.324 e. The van der Waals surface area contributed by atoms with Crippen LogP contribution in [0.1, 0.15) is 46.5 Å². The summed E-state index contributed by atoms with van der Waals surface area (Å²) in [5.41, 5.74) is -0.800. The zero-order chi connectivity index (χ0) is 12.9. The number of hydrogen-bond acceptors (Lipinski definition) is 3. The molecule has 1 unspecified atom stereocenters. The lowest BCUT2D eigenvalue weighted by atomic mass is 10.0. The van der Waals surface area contributed by atoms with Gasteiger partial charge in [0.15, 0.2) is 0 Å². The summed E-state index contributed by atoms with van der Waals surface area (Å²) >= 11 is 0. The van der Waals surface area contributed by atoms with Crippen molar-refractivity contribution >= 4 is 5.97 Å². The normalized spacial score (nSPS) is 19.3. The van der Waals surface area contributed by atoms with E-state index in [2.05, 4.69) is 24.1 Å². The van der Waals surface area contributed by atoms with E-state index in [-0.39, 0.29) is 0 Å². The molecule has 1 rings (SSSR count). The van der Waals surface area contributed by atoms with Crippen molar-refractivity contribution in [3.63, 3.8) is 0 Å². The van der Waals surface area contributed by atoms with Gasteiger partial charge in [-0.05, 0) is 45.7 Å². The molecule has 1 saturated carbocycles. The maximum absolute atomic E-state index is 11.4. The second-order valence-corrected chi connectivity index (χ2v) is 5.33. The van der Waals surface area contributed by atoms with Gasteiger partial charge in [0.1, 0.15) is 5.54 Å². The van der Waals surface area contributed by atoms with Gasteiger partial charge in [-0.2, -0.15) is 0 Å². The highest BCUT2D eigenvalue weighted by Crippen LogP contribution is 2.23. The summed E-state index contributed by atoms with van der Waals surface area (Å²) in [6.07, 6.45) is 4.37. The van der Waals surface area contributed by atoms with E-state index < -0.39 is 11.5 Å². The second-order valence-electron chi connectivity index (χ2n) is 5.33. The zero-order valence-electron chi connectivity index (χ0n) is 11.3. The van der Waals surface area contributed by atoms with Crippen LogP contribution >= 0.6 is 0 Å². The molecule has 100 valence electrons. The quantitative estimate of drug-likeness (QED) is 0.646. The molecular formula is C13H26N2O2. The summed E-state index contributed by atoms with van der Waals surface area (Å²) in [5, 5.41) is 12.7. The zero-order valence-corrected chi connectivity index (χ0v) is 11.3. The minimum Gasteiger partial charge on any atom is -0.480 e. The van der Waals surface area contributed by atoms with Gasteiger partial charge < -0.3 is 10.0 Å². The number of nitrogens with zero attached hydrogens (tertiary/aromatic N) is 1. The van der Waals surface area contributed by atoms with E-state index in [0.717, 1.165) is 38.8 Å². The van der Waals surface area contributed by atoms with Crippen molar-refractivity contribution in [2.45, 2.75) is 58.0 Å². The van der Waals surface area contributed by atoms with Crippen LogP contribution in [0.4, 0.5) is 0 Å². The number of hydrogen-bond donors (Lipinski definition) is 2. The summed E-state index contributed by atoms with van der Waals surface area (Å²) < 4.78 is 0. The number of carboxylic acids is 1. The predicted octanol–water partition coefficient (Wildman–Crippen LogP) is 1.70. The smallest absolute Gasteiger partial charge is 0.324 e. The van der Waals surface area contributed by atoms with Crippen LogP contribution < -0.4 is 5.32 Å². The van der Waals surface area contributed by atoms with E-state index in [1.54, 1.807) is 0 Å². The van der Waals surface area contributed by atoms with Crippen LogP contribution in [0.5, 0.6) is 0 Å². The molecule has 2 N–H and O–H groups in total. The molecule has 1 fully saturated rings. The summed E-state index contributed by atoms with van der Waals surface area (Å²) in [5.74, 6) is -0.735. The van der Waals surface area contributed by atoms with E-state index in [1.807, 2.05) is 6.92 Å². The molecule has 1 aliphatic rings. The average molecular weight is 242 g/mol. The van der Waals surface area contributed by atoms with Gasteiger partial charge in [0, 0.05) is 12.6 Å². The average Bonchev–Trinajstić information content (AvgIpc) is 3.02. The minimum atomic E-state index is -0.800. The van der Waals surface area contributed by atoms with Gasteiger partial charge in [-0.25, -0.2) is 0 Å². The third kappa shape index (κ3) is 4.64. The third-order valence-electron chi connectivity index (χ3n) is 3.19. The van der Waals surface area contributed by atoms with Crippen LogP contribution in [0.15, 0.2) is 0 Å². The fourth-order valence-electron chi connectivity index (χ4n) is 2.20. The Morgan fingerprint density at radius 1 is 1.35 bits per heavy atom. The van der Waals surface area contributed by atoms with Crippen molar-refractivity contribution < 1.29 is 9.90 Å². The lowest BCUT2D eigenvalue weighted by molar-refractivity contribution is -0.145. The van der Waals surface area contributed by atoms with Crippen LogP contribution in [0.2, 0.25) is 0 Å². The Morgan fingerprint density at radius 3 is 2.24 bits per heavy atom. The summed E-state index contributed by atoms with van der Waals surface area (Å²) in [7, 11) is 0. The Hall–Kier alpha value is -0.610. The first-order valence-electron chi connectivity index (χ1n) is 6.75. The van der Waals surface area contributed by atoms with Crippen LogP contribution in [0.25, 0.3) is 0 Å². The number of aliphatic carboxylic acids is 1. The Morgan fingerprint density at radius 2 is 1.88 bits per heavy atom. The topological polar surface area (TPSA) is 52.6 Å². The molecule has 17 heavy (non-hydrogen) atoms. The molecule has 0 saturated heterocycles. The van der Waals surface area contributed by atoms with Crippen molar-refractivity contribution in [1.82, 2.24) is 10.2 Å². The summed E-state index contributed by atoms with van der Waals surface area (Å²) in [6, 6.07) is 0.418. The Bertz CT molecular complexity index is 248. The first-order valence-corrected chi connectivity index (χ1v) is 6.75. The van der Waals surface area contributed by atoms with E-state index >= 15 is 0 Å². The molecule has 4 heteroatoms. The molecule has 0 aliphatic heterocycles. The SMILES string of the molecule is CCCN(CCC)CC(C)(NC1CC1)C(=O)O. The molecule has 0 aromatic rings. The first kappa shape index (κ1) is 14.5. The number of rotatable bonds is 9. The van der Waals surface area contributed by atoms with Crippen molar-refractivity contribution in [2.24, 2.45) is 0 Å². The molecular weight excluding hydrogens is 216 g/mol. The van der Waals surface area contributed by atoms with Gasteiger partial charge >= 0.3 is 5.97 Å². The largest absolute Gasteiger partial charge is 0.480 e. The highest BCUT2D eigenvalue weighted by molar-refractivity contribution is 5.78. The summed E-state index contributed by atoms with van der Waals surface area (Å²) in [6.45, 7) is 8.63. The molecule has 1 atom stereocenters. The van der Waals surface area contributed by atoms with Crippen molar-refractivity contribution in [2.75, 3.05) is 19.6 Å². The van der Waals surface area contributed by atoms with Gasteiger partial charge in [-0.3, -0.25) is 10.1 Å². The summed E-state index contributed by atoms with van der Waals surface area (Å²) in [4.78, 5) is 13.7. The van der Waals surface area contributed by atoms with Crippen LogP contribution in [0, 0.1) is 0 Å². The van der Waals surface area contributed by atoms with Gasteiger partial charge in [-0.15, -0.1) is 0 Å². The van der Waals surface area contributed by atoms with Gasteiger partial charge in [0.25, 0.3) is 0 Å². The first-order chi connectivity index (χ1) is 8.01. The highest BCUT2D eigenvalue weighted by Gasteiger charge is 2.39. The molecule has 0 amide bonds. The lowest BCUT2D eigenvalue weighted by Gasteiger charge is -2.33. The standard InChI is InChI=1S/C13H26N2O2/c1-4-8-15(9-5-2)10-13(3,12(16)17)14-11-6-7-11/h11,14H,4-10H2,1-3H3,(H,16,17). The lowest BCUT2D eigenvalue weighted by Crippen LogP contribution is -2.57. The van der Waals surface area contributed by atoms with Crippen LogP contribution in [0.3, 0.4) is 0 Å². The Kier molecular flexibility index (Phi) is 5.40. The van der Waals surface area contributed by atoms with Crippen LogP contribution in [-0.4, -0.2) is 47.2 Å². The number of carbonyl (C=O) groups is 1. The fourth-order valence-corrected chi connectivity index (χ4v) is 2.20. The van der Waals surface area contributed by atoms with E-state index in [0.29, 0.717) is 12.6 Å². The van der Waals surface area contributed by atoms with Gasteiger partial charge in [0.2, 0.25) is 0 Å². The van der Waals surface area contributed by atoms with Crippen molar-refractivity contribution in [3.05, 3.63) is 0 Å². The third-order valence-corrected chi connectivity index (χ3v) is 3.19. The Balaban J connectivity index is 2.58. The second kappa shape index (κ2) is 6.36. The monoisotopic (exact) mass is 242 g/mol. The molecule has 0 aromatic carbocycles. The molecule has 0 radical (unpaired) electrons. The molecule has 0 spiro atoms. The number of carboxylic acid groups (broad SMARTS) is 1. The van der Waals surface area contributed by atoms with E-state index in [1.165, 1.54) is 0 Å². The van der Waals surface area contributed by atoms with Crippen molar-refractivity contribution in [1.29, 1.82) is 0 Å². The molecule has 0 bridgehead atoms. The molecule has 0 heterocycles. The fraction of sp³-hybridized carbons (Fsp3) is 0.923. The van der Waals surface area contributed by atoms with Crippen molar-refractivity contribution in [3.8, 4) is 0 Å². The van der Waals surface area contributed by atoms with Gasteiger partial charge in [0.05, 0.1) is 0 Å². The highest BCUT2D eigenvalue weighted by atomic mass is 16.4. The number of nitrogens with one attached hydrogen (secondary N) is 1. The maximum atomic E-state index is 11.4. The van der Waals surface area contributed by atoms with Gasteiger partial charge in [-0.1, -0.05) is 13.8 Å².